The highest BCUT2D eigenvalue weighted by atomic mass is 35.5. The number of nitrogens with zero attached hydrogens (tertiary/aromatic N) is 1. The summed E-state index contributed by atoms with van der Waals surface area (Å²) in [5.41, 5.74) is 0. The zero-order valence-corrected chi connectivity index (χ0v) is 12.0. The van der Waals surface area contributed by atoms with Crippen LogP contribution in [0.3, 0.4) is 0 Å². The van der Waals surface area contributed by atoms with Crippen molar-refractivity contribution in [1.82, 2.24) is 10.2 Å². The zero-order chi connectivity index (χ0) is 11.4. The minimum atomic E-state index is 0. The highest BCUT2D eigenvalue weighted by Crippen LogP contribution is 2.23. The Morgan fingerprint density at radius 2 is 2.24 bits per heavy atom. The molecule has 2 aliphatic heterocycles. The van der Waals surface area contributed by atoms with Gasteiger partial charge in [-0.15, -0.1) is 12.4 Å². The fourth-order valence-corrected chi connectivity index (χ4v) is 2.95. The minimum Gasteiger partial charge on any atom is -0.378 e. The fraction of sp³-hybridized carbons (Fsp3) is 1.00. The van der Waals surface area contributed by atoms with Crippen LogP contribution in [-0.2, 0) is 4.74 Å². The molecule has 2 saturated heterocycles. The third kappa shape index (κ3) is 4.74. The van der Waals surface area contributed by atoms with Crippen LogP contribution in [0.15, 0.2) is 0 Å². The molecule has 2 unspecified atom stereocenters. The lowest BCUT2D eigenvalue weighted by atomic mass is 9.93. The van der Waals surface area contributed by atoms with Crippen molar-refractivity contribution in [3.63, 3.8) is 0 Å². The van der Waals surface area contributed by atoms with Gasteiger partial charge in [-0.2, -0.15) is 0 Å². The van der Waals surface area contributed by atoms with E-state index in [0.29, 0.717) is 12.1 Å². The molecule has 2 aliphatic rings. The molecule has 3 atom stereocenters. The summed E-state index contributed by atoms with van der Waals surface area (Å²) in [4.78, 5) is 2.63. The van der Waals surface area contributed by atoms with Crippen molar-refractivity contribution in [3.05, 3.63) is 0 Å². The SMILES string of the molecule is CCC1CC(CN2CCN[C@H](C)C2)CCO1.Cl. The van der Waals surface area contributed by atoms with Crippen LogP contribution in [0, 0.1) is 5.92 Å². The van der Waals surface area contributed by atoms with Crippen LogP contribution in [0.25, 0.3) is 0 Å². The quantitative estimate of drug-likeness (QED) is 0.841. The number of ether oxygens (including phenoxy) is 1. The molecular weight excluding hydrogens is 236 g/mol. The normalized spacial score (nSPS) is 35.3. The summed E-state index contributed by atoms with van der Waals surface area (Å²) < 4.78 is 5.74. The van der Waals surface area contributed by atoms with E-state index in [4.69, 9.17) is 4.74 Å². The standard InChI is InChI=1S/C13H26N2O.ClH/c1-3-13-8-12(4-7-16-13)10-15-6-5-14-11(2)9-15;/h11-14H,3-10H2,1-2H3;1H/t11-,12?,13?;/m1./s1. The molecule has 3 nitrogen and oxygen atoms in total. The third-order valence-corrected chi connectivity index (χ3v) is 3.90. The second kappa shape index (κ2) is 7.57. The molecule has 0 aromatic rings. The van der Waals surface area contributed by atoms with Crippen LogP contribution in [0.2, 0.25) is 0 Å². The summed E-state index contributed by atoms with van der Waals surface area (Å²) in [5.74, 6) is 0.865. The van der Waals surface area contributed by atoms with Crippen LogP contribution >= 0.6 is 12.4 Å². The van der Waals surface area contributed by atoms with Crippen molar-refractivity contribution in [3.8, 4) is 0 Å². The lowest BCUT2D eigenvalue weighted by molar-refractivity contribution is -0.0191. The van der Waals surface area contributed by atoms with Crippen LogP contribution in [-0.4, -0.2) is 49.8 Å². The van der Waals surface area contributed by atoms with Gasteiger partial charge in [-0.05, 0) is 32.1 Å². The van der Waals surface area contributed by atoms with Crippen LogP contribution in [0.4, 0.5) is 0 Å². The van der Waals surface area contributed by atoms with Gasteiger partial charge in [0.15, 0.2) is 0 Å². The molecule has 0 bridgehead atoms. The Bertz CT molecular complexity index is 216. The smallest absolute Gasteiger partial charge is 0.0575 e. The van der Waals surface area contributed by atoms with Crippen molar-refractivity contribution in [2.75, 3.05) is 32.8 Å². The number of rotatable bonds is 3. The summed E-state index contributed by atoms with van der Waals surface area (Å²) in [6.45, 7) is 10.4. The van der Waals surface area contributed by atoms with Crippen molar-refractivity contribution in [2.24, 2.45) is 5.92 Å². The highest BCUT2D eigenvalue weighted by Gasteiger charge is 2.24. The van der Waals surface area contributed by atoms with Gasteiger partial charge in [0.1, 0.15) is 0 Å². The molecule has 0 spiro atoms. The summed E-state index contributed by atoms with van der Waals surface area (Å²) in [6.07, 6.45) is 4.23. The van der Waals surface area contributed by atoms with E-state index >= 15 is 0 Å². The van der Waals surface area contributed by atoms with E-state index < -0.39 is 0 Å². The van der Waals surface area contributed by atoms with E-state index in [2.05, 4.69) is 24.1 Å². The number of nitrogens with one attached hydrogen (secondary N) is 1. The first-order valence-electron chi connectivity index (χ1n) is 6.85. The Morgan fingerprint density at radius 3 is 2.94 bits per heavy atom. The number of hydrogen-bond donors (Lipinski definition) is 1. The van der Waals surface area contributed by atoms with Gasteiger partial charge in [0, 0.05) is 38.8 Å². The second-order valence-electron chi connectivity index (χ2n) is 5.41. The van der Waals surface area contributed by atoms with E-state index in [9.17, 15) is 0 Å². The topological polar surface area (TPSA) is 24.5 Å². The molecule has 102 valence electrons. The molecule has 2 rings (SSSR count). The summed E-state index contributed by atoms with van der Waals surface area (Å²) >= 11 is 0. The van der Waals surface area contributed by atoms with E-state index in [-0.39, 0.29) is 12.4 Å². The molecule has 17 heavy (non-hydrogen) atoms. The van der Waals surface area contributed by atoms with Gasteiger partial charge in [0.2, 0.25) is 0 Å². The minimum absolute atomic E-state index is 0. The van der Waals surface area contributed by atoms with Crippen LogP contribution < -0.4 is 5.32 Å². The maximum atomic E-state index is 5.74. The number of halogens is 1. The van der Waals surface area contributed by atoms with Gasteiger partial charge < -0.3 is 15.0 Å². The first-order chi connectivity index (χ1) is 7.78. The molecule has 4 heteroatoms. The maximum absolute atomic E-state index is 5.74. The molecule has 0 aliphatic carbocycles. The van der Waals surface area contributed by atoms with Gasteiger partial charge in [-0.25, -0.2) is 0 Å². The predicted octanol–water partition coefficient (Wildman–Crippen LogP) is 1.91. The zero-order valence-electron chi connectivity index (χ0n) is 11.2. The summed E-state index contributed by atoms with van der Waals surface area (Å²) in [6, 6.07) is 0.663. The number of hydrogen-bond acceptors (Lipinski definition) is 3. The molecule has 0 aromatic carbocycles. The molecule has 2 fully saturated rings. The molecular formula is C13H27ClN2O. The van der Waals surface area contributed by atoms with Gasteiger partial charge in [0.25, 0.3) is 0 Å². The Kier molecular flexibility index (Phi) is 6.78. The third-order valence-electron chi connectivity index (χ3n) is 3.90. The molecule has 1 N–H and O–H groups in total. The lowest BCUT2D eigenvalue weighted by Gasteiger charge is -2.37. The Morgan fingerprint density at radius 1 is 1.41 bits per heavy atom. The van der Waals surface area contributed by atoms with Crippen molar-refractivity contribution in [1.29, 1.82) is 0 Å². The molecule has 0 amide bonds. The first-order valence-corrected chi connectivity index (χ1v) is 6.85. The first kappa shape index (κ1) is 15.2. The molecule has 0 aromatic heterocycles. The van der Waals surface area contributed by atoms with Crippen LogP contribution in [0.5, 0.6) is 0 Å². The van der Waals surface area contributed by atoms with Crippen LogP contribution in [0.1, 0.15) is 33.1 Å². The van der Waals surface area contributed by atoms with Gasteiger partial charge in [-0.1, -0.05) is 6.92 Å². The predicted molar refractivity (Wildman–Crippen MR) is 73.9 cm³/mol. The summed E-state index contributed by atoms with van der Waals surface area (Å²) in [7, 11) is 0. The van der Waals surface area contributed by atoms with Gasteiger partial charge >= 0.3 is 0 Å². The Labute approximate surface area is 112 Å². The van der Waals surface area contributed by atoms with Gasteiger partial charge in [0.05, 0.1) is 6.10 Å². The Balaban J connectivity index is 0.00000144. The monoisotopic (exact) mass is 262 g/mol. The lowest BCUT2D eigenvalue weighted by Crippen LogP contribution is -2.50. The molecule has 0 saturated carbocycles. The highest BCUT2D eigenvalue weighted by molar-refractivity contribution is 5.85. The van der Waals surface area contributed by atoms with E-state index in [1.165, 1.54) is 38.9 Å². The average molecular weight is 263 g/mol. The maximum Gasteiger partial charge on any atom is 0.0575 e. The van der Waals surface area contributed by atoms with E-state index in [1.807, 2.05) is 0 Å². The number of piperazine rings is 1. The largest absolute Gasteiger partial charge is 0.378 e. The molecule has 0 radical (unpaired) electrons. The Hall–Kier alpha value is 0.170. The van der Waals surface area contributed by atoms with Gasteiger partial charge in [-0.3, -0.25) is 0 Å². The fourth-order valence-electron chi connectivity index (χ4n) is 2.95. The van der Waals surface area contributed by atoms with Crippen molar-refractivity contribution < 1.29 is 4.74 Å². The van der Waals surface area contributed by atoms with Crippen molar-refractivity contribution >= 4 is 12.4 Å². The van der Waals surface area contributed by atoms with E-state index in [1.54, 1.807) is 0 Å². The second-order valence-corrected chi connectivity index (χ2v) is 5.41. The average Bonchev–Trinajstić information content (AvgIpc) is 2.29. The molecule has 2 heterocycles. The van der Waals surface area contributed by atoms with E-state index in [0.717, 1.165) is 19.1 Å². The van der Waals surface area contributed by atoms with Crippen molar-refractivity contribution in [2.45, 2.75) is 45.3 Å². The summed E-state index contributed by atoms with van der Waals surface area (Å²) in [5, 5.41) is 3.50.